The lowest BCUT2D eigenvalue weighted by molar-refractivity contribution is -0.162. The van der Waals surface area contributed by atoms with Crippen LogP contribution in [-0.2, 0) is 9.59 Å². The number of hydrogen-bond donors (Lipinski definition) is 1. The van der Waals surface area contributed by atoms with Crippen LogP contribution in [0.1, 0.15) is 40.0 Å². The average molecular weight is 284 g/mol. The molecule has 1 saturated heterocycles. The SMILES string of the molecule is CSCCCN1C(=O)C(C)(C)NC(=O)C1(C)C1CC1. The molecule has 0 aromatic rings. The average Bonchev–Trinajstić information content (AvgIpc) is 3.15. The lowest BCUT2D eigenvalue weighted by Gasteiger charge is -2.49. The molecule has 0 radical (unpaired) electrons. The zero-order valence-corrected chi connectivity index (χ0v) is 13.1. The van der Waals surface area contributed by atoms with Crippen LogP contribution in [0.25, 0.3) is 0 Å². The first kappa shape index (κ1) is 14.7. The van der Waals surface area contributed by atoms with Crippen LogP contribution in [0.5, 0.6) is 0 Å². The van der Waals surface area contributed by atoms with Gasteiger partial charge in [0.15, 0.2) is 0 Å². The second-order valence-electron chi connectivity index (χ2n) is 6.30. The van der Waals surface area contributed by atoms with E-state index in [1.54, 1.807) is 25.6 Å². The van der Waals surface area contributed by atoms with Crippen molar-refractivity contribution in [3.05, 3.63) is 0 Å². The summed E-state index contributed by atoms with van der Waals surface area (Å²) >= 11 is 1.78. The van der Waals surface area contributed by atoms with E-state index in [1.165, 1.54) is 0 Å². The van der Waals surface area contributed by atoms with Gasteiger partial charge in [0.25, 0.3) is 0 Å². The molecule has 0 aromatic heterocycles. The Kier molecular flexibility index (Phi) is 3.87. The van der Waals surface area contributed by atoms with Crippen molar-refractivity contribution >= 4 is 23.6 Å². The van der Waals surface area contributed by atoms with Crippen molar-refractivity contribution in [3.63, 3.8) is 0 Å². The molecule has 2 fully saturated rings. The Hall–Kier alpha value is -0.710. The molecule has 0 aromatic carbocycles. The Morgan fingerprint density at radius 2 is 1.95 bits per heavy atom. The Balaban J connectivity index is 2.23. The van der Waals surface area contributed by atoms with Gasteiger partial charge in [-0.1, -0.05) is 0 Å². The van der Waals surface area contributed by atoms with Crippen LogP contribution in [0.2, 0.25) is 0 Å². The van der Waals surface area contributed by atoms with Gasteiger partial charge in [0, 0.05) is 6.54 Å². The largest absolute Gasteiger partial charge is 0.340 e. The van der Waals surface area contributed by atoms with Crippen molar-refractivity contribution in [2.45, 2.75) is 51.1 Å². The van der Waals surface area contributed by atoms with Crippen molar-refractivity contribution in [2.24, 2.45) is 5.92 Å². The van der Waals surface area contributed by atoms with Crippen molar-refractivity contribution in [1.82, 2.24) is 10.2 Å². The normalized spacial score (nSPS) is 30.4. The van der Waals surface area contributed by atoms with Gasteiger partial charge in [-0.25, -0.2) is 0 Å². The molecule has 5 heteroatoms. The molecular weight excluding hydrogens is 260 g/mol. The highest BCUT2D eigenvalue weighted by Gasteiger charge is 2.58. The summed E-state index contributed by atoms with van der Waals surface area (Å²) in [7, 11) is 0. The summed E-state index contributed by atoms with van der Waals surface area (Å²) in [6.45, 7) is 6.21. The molecule has 2 aliphatic rings. The third kappa shape index (κ3) is 2.49. The smallest absolute Gasteiger partial charge is 0.248 e. The molecule has 1 N–H and O–H groups in total. The van der Waals surface area contributed by atoms with Crippen molar-refractivity contribution < 1.29 is 9.59 Å². The maximum atomic E-state index is 12.6. The van der Waals surface area contributed by atoms with Gasteiger partial charge in [-0.15, -0.1) is 0 Å². The molecule has 1 heterocycles. The van der Waals surface area contributed by atoms with Crippen molar-refractivity contribution in [3.8, 4) is 0 Å². The lowest BCUT2D eigenvalue weighted by Crippen LogP contribution is -2.74. The fourth-order valence-corrected chi connectivity index (χ4v) is 3.30. The molecule has 19 heavy (non-hydrogen) atoms. The fourth-order valence-electron chi connectivity index (χ4n) is 2.89. The van der Waals surface area contributed by atoms with E-state index in [4.69, 9.17) is 0 Å². The van der Waals surface area contributed by atoms with Crippen LogP contribution in [-0.4, -0.2) is 46.3 Å². The Bertz CT molecular complexity index is 393. The number of amides is 2. The third-order valence-corrected chi connectivity index (χ3v) is 5.03. The van der Waals surface area contributed by atoms with Gasteiger partial charge in [0.1, 0.15) is 11.1 Å². The molecule has 1 aliphatic heterocycles. The number of rotatable bonds is 5. The van der Waals surface area contributed by atoms with Crippen LogP contribution in [0, 0.1) is 5.92 Å². The summed E-state index contributed by atoms with van der Waals surface area (Å²) in [6, 6.07) is 0. The van der Waals surface area contributed by atoms with Gasteiger partial charge in [-0.2, -0.15) is 11.8 Å². The van der Waals surface area contributed by atoms with Gasteiger partial charge in [0.2, 0.25) is 11.8 Å². The molecular formula is C14H24N2O2S. The number of carbonyl (C=O) groups excluding carboxylic acids is 2. The topological polar surface area (TPSA) is 49.4 Å². The molecule has 1 aliphatic carbocycles. The number of hydrogen-bond acceptors (Lipinski definition) is 3. The second kappa shape index (κ2) is 5.00. The van der Waals surface area contributed by atoms with E-state index in [0.717, 1.165) is 25.0 Å². The standard InChI is InChI=1S/C14H24N2O2S/c1-13(2)12(18)16(8-5-9-19-4)14(3,10-6-7-10)11(17)15-13/h10H,5-9H2,1-4H3,(H,15,17). The van der Waals surface area contributed by atoms with E-state index in [0.29, 0.717) is 12.5 Å². The summed E-state index contributed by atoms with van der Waals surface area (Å²) in [5.74, 6) is 1.43. The minimum Gasteiger partial charge on any atom is -0.340 e. The maximum Gasteiger partial charge on any atom is 0.248 e. The monoisotopic (exact) mass is 284 g/mol. The molecule has 2 rings (SSSR count). The number of nitrogens with one attached hydrogen (secondary N) is 1. The number of nitrogens with zero attached hydrogens (tertiary/aromatic N) is 1. The number of thioether (sulfide) groups is 1. The molecule has 4 nitrogen and oxygen atoms in total. The highest BCUT2D eigenvalue weighted by atomic mass is 32.2. The third-order valence-electron chi connectivity index (χ3n) is 4.33. The predicted octanol–water partition coefficient (Wildman–Crippen LogP) is 1.65. The van der Waals surface area contributed by atoms with Gasteiger partial charge >= 0.3 is 0 Å². The minimum absolute atomic E-state index is 0.0174. The summed E-state index contributed by atoms with van der Waals surface area (Å²) in [4.78, 5) is 27.0. The molecule has 1 unspecified atom stereocenters. The quantitative estimate of drug-likeness (QED) is 0.781. The summed E-state index contributed by atoms with van der Waals surface area (Å²) in [5.41, 5.74) is -1.41. The van der Waals surface area contributed by atoms with E-state index in [1.807, 2.05) is 11.8 Å². The van der Waals surface area contributed by atoms with Gasteiger partial charge in [0.05, 0.1) is 0 Å². The summed E-state index contributed by atoms with van der Waals surface area (Å²) in [6.07, 6.45) is 5.11. The Morgan fingerprint density at radius 1 is 1.32 bits per heavy atom. The second-order valence-corrected chi connectivity index (χ2v) is 7.29. The Labute approximate surface area is 119 Å². The zero-order chi connectivity index (χ0) is 14.3. The van der Waals surface area contributed by atoms with Crippen molar-refractivity contribution in [1.29, 1.82) is 0 Å². The summed E-state index contributed by atoms with van der Waals surface area (Å²) in [5, 5.41) is 2.90. The van der Waals surface area contributed by atoms with E-state index in [2.05, 4.69) is 11.6 Å². The van der Waals surface area contributed by atoms with Gasteiger partial charge in [-0.05, 0) is 58.0 Å². The molecule has 108 valence electrons. The molecule has 0 bridgehead atoms. The fraction of sp³-hybridized carbons (Fsp3) is 0.857. The first-order valence-electron chi connectivity index (χ1n) is 6.97. The van der Waals surface area contributed by atoms with Gasteiger partial charge in [-0.3, -0.25) is 9.59 Å². The Morgan fingerprint density at radius 3 is 2.47 bits per heavy atom. The van der Waals surface area contributed by atoms with Crippen molar-refractivity contribution in [2.75, 3.05) is 18.6 Å². The van der Waals surface area contributed by atoms with E-state index < -0.39 is 11.1 Å². The first-order valence-corrected chi connectivity index (χ1v) is 8.37. The minimum atomic E-state index is -0.773. The highest BCUT2D eigenvalue weighted by Crippen LogP contribution is 2.45. The van der Waals surface area contributed by atoms with E-state index in [9.17, 15) is 9.59 Å². The molecule has 2 amide bonds. The number of piperazine rings is 1. The van der Waals surface area contributed by atoms with Crippen LogP contribution in [0.15, 0.2) is 0 Å². The van der Waals surface area contributed by atoms with Gasteiger partial charge < -0.3 is 10.2 Å². The summed E-state index contributed by atoms with van der Waals surface area (Å²) < 4.78 is 0. The highest BCUT2D eigenvalue weighted by molar-refractivity contribution is 7.98. The van der Waals surface area contributed by atoms with E-state index in [-0.39, 0.29) is 11.8 Å². The van der Waals surface area contributed by atoms with Crippen LogP contribution in [0.4, 0.5) is 0 Å². The number of carbonyl (C=O) groups is 2. The van der Waals surface area contributed by atoms with Crippen LogP contribution >= 0.6 is 11.8 Å². The van der Waals surface area contributed by atoms with Crippen LogP contribution in [0.3, 0.4) is 0 Å². The molecule has 1 atom stereocenters. The predicted molar refractivity (Wildman–Crippen MR) is 78.1 cm³/mol. The maximum absolute atomic E-state index is 12.6. The molecule has 1 saturated carbocycles. The van der Waals surface area contributed by atoms with Crippen LogP contribution < -0.4 is 5.32 Å². The lowest BCUT2D eigenvalue weighted by atomic mass is 9.84. The zero-order valence-electron chi connectivity index (χ0n) is 12.3. The molecule has 0 spiro atoms. The first-order chi connectivity index (χ1) is 8.84. The van der Waals surface area contributed by atoms with E-state index >= 15 is 0 Å².